The van der Waals surface area contributed by atoms with Gasteiger partial charge in [0.2, 0.25) is 15.9 Å². The lowest BCUT2D eigenvalue weighted by Gasteiger charge is -2.33. The molecule has 0 spiro atoms. The van der Waals surface area contributed by atoms with Gasteiger partial charge in [0.15, 0.2) is 0 Å². The van der Waals surface area contributed by atoms with Crippen LogP contribution in [0.15, 0.2) is 23.1 Å². The monoisotopic (exact) mass is 401 g/mol. The molecule has 0 saturated carbocycles. The zero-order chi connectivity index (χ0) is 18.0. The molecular formula is C18H28ClN3O3S. The zero-order valence-corrected chi connectivity index (χ0v) is 17.0. The fraction of sp³-hybridized carbons (Fsp3) is 0.611. The van der Waals surface area contributed by atoms with E-state index in [-0.39, 0.29) is 24.4 Å². The van der Waals surface area contributed by atoms with Crippen LogP contribution in [0.4, 0.5) is 5.69 Å². The number of carbonyl (C=O) groups excluding carboxylic acids is 1. The molecule has 146 valence electrons. The number of carbonyl (C=O) groups is 1. The van der Waals surface area contributed by atoms with Gasteiger partial charge in [0.05, 0.1) is 4.90 Å². The second-order valence-electron chi connectivity index (χ2n) is 6.81. The Bertz CT molecular complexity index is 748. The molecule has 0 aliphatic carbocycles. The lowest BCUT2D eigenvalue weighted by atomic mass is 10.1. The first kappa shape index (κ1) is 21.2. The average Bonchev–Trinajstić information content (AvgIpc) is 3.03. The lowest BCUT2D eigenvalue weighted by molar-refractivity contribution is -0.116. The van der Waals surface area contributed by atoms with Gasteiger partial charge in [-0.15, -0.1) is 12.4 Å². The SMILES string of the molecule is CCCN(C1CCNCC1)S(=O)(=O)c1ccc2c(c1)N(C(C)=O)CC2.Cl. The van der Waals surface area contributed by atoms with Crippen LogP contribution in [0.1, 0.15) is 38.7 Å². The first-order valence-corrected chi connectivity index (χ1v) is 10.5. The van der Waals surface area contributed by atoms with Gasteiger partial charge in [-0.2, -0.15) is 4.31 Å². The highest BCUT2D eigenvalue weighted by Crippen LogP contribution is 2.32. The molecule has 0 aromatic heterocycles. The third kappa shape index (κ3) is 4.06. The van der Waals surface area contributed by atoms with Crippen molar-refractivity contribution in [1.29, 1.82) is 0 Å². The predicted octanol–water partition coefficient (Wildman–Crippen LogP) is 2.17. The predicted molar refractivity (Wildman–Crippen MR) is 105 cm³/mol. The number of fused-ring (bicyclic) bond motifs is 1. The Kier molecular flexibility index (Phi) is 7.07. The van der Waals surface area contributed by atoms with Gasteiger partial charge in [-0.25, -0.2) is 8.42 Å². The standard InChI is InChI=1S/C18H27N3O3S.ClH/c1-3-11-21(16-6-9-19-10-7-16)25(23,24)17-5-4-15-8-12-20(14(2)22)18(15)13-17;/h4-5,13,16,19H,3,6-12H2,1-2H3;1H. The van der Waals surface area contributed by atoms with E-state index in [4.69, 9.17) is 0 Å². The highest BCUT2D eigenvalue weighted by molar-refractivity contribution is 7.89. The summed E-state index contributed by atoms with van der Waals surface area (Å²) >= 11 is 0. The summed E-state index contributed by atoms with van der Waals surface area (Å²) in [5.74, 6) is -0.0444. The number of nitrogens with one attached hydrogen (secondary N) is 1. The minimum absolute atomic E-state index is 0. The topological polar surface area (TPSA) is 69.7 Å². The van der Waals surface area contributed by atoms with Gasteiger partial charge in [-0.1, -0.05) is 13.0 Å². The molecule has 0 bridgehead atoms. The van der Waals surface area contributed by atoms with Crippen molar-refractivity contribution in [3.63, 3.8) is 0 Å². The van der Waals surface area contributed by atoms with Gasteiger partial charge < -0.3 is 10.2 Å². The number of nitrogens with zero attached hydrogens (tertiary/aromatic N) is 2. The summed E-state index contributed by atoms with van der Waals surface area (Å²) in [7, 11) is -3.57. The summed E-state index contributed by atoms with van der Waals surface area (Å²) in [4.78, 5) is 13.8. The van der Waals surface area contributed by atoms with Crippen LogP contribution in [0.3, 0.4) is 0 Å². The van der Waals surface area contributed by atoms with Crippen LogP contribution >= 0.6 is 12.4 Å². The normalized spacial score (nSPS) is 17.9. The summed E-state index contributed by atoms with van der Waals surface area (Å²) in [5.41, 5.74) is 1.79. The van der Waals surface area contributed by atoms with E-state index < -0.39 is 10.0 Å². The molecule has 1 N–H and O–H groups in total. The molecule has 1 amide bonds. The van der Waals surface area contributed by atoms with E-state index in [0.717, 1.165) is 50.0 Å². The molecule has 26 heavy (non-hydrogen) atoms. The molecule has 8 heteroatoms. The van der Waals surface area contributed by atoms with E-state index in [1.54, 1.807) is 21.3 Å². The molecule has 1 saturated heterocycles. The molecule has 0 unspecified atom stereocenters. The van der Waals surface area contributed by atoms with E-state index in [2.05, 4.69) is 5.32 Å². The Labute approximate surface area is 162 Å². The summed E-state index contributed by atoms with van der Waals surface area (Å²) in [5, 5.41) is 3.29. The molecule has 6 nitrogen and oxygen atoms in total. The Morgan fingerprint density at radius 1 is 1.31 bits per heavy atom. The van der Waals surface area contributed by atoms with Crippen molar-refractivity contribution < 1.29 is 13.2 Å². The van der Waals surface area contributed by atoms with Gasteiger partial charge in [0.1, 0.15) is 0 Å². The maximum absolute atomic E-state index is 13.3. The molecule has 2 aliphatic heterocycles. The number of halogens is 1. The van der Waals surface area contributed by atoms with Crippen LogP contribution < -0.4 is 10.2 Å². The van der Waals surface area contributed by atoms with Gasteiger partial charge in [0, 0.05) is 31.7 Å². The average molecular weight is 402 g/mol. The van der Waals surface area contributed by atoms with Crippen LogP contribution in [0.5, 0.6) is 0 Å². The summed E-state index contributed by atoms with van der Waals surface area (Å²) in [6.45, 7) is 6.38. The second-order valence-corrected chi connectivity index (χ2v) is 8.70. The number of anilines is 1. The van der Waals surface area contributed by atoms with Gasteiger partial charge in [-0.05, 0) is 56.5 Å². The second kappa shape index (κ2) is 8.69. The number of sulfonamides is 1. The van der Waals surface area contributed by atoms with Gasteiger partial charge in [-0.3, -0.25) is 4.79 Å². The van der Waals surface area contributed by atoms with Crippen molar-refractivity contribution in [1.82, 2.24) is 9.62 Å². The first-order chi connectivity index (χ1) is 11.9. The van der Waals surface area contributed by atoms with E-state index in [9.17, 15) is 13.2 Å². The van der Waals surface area contributed by atoms with Crippen molar-refractivity contribution >= 4 is 34.0 Å². The number of rotatable bonds is 5. The molecular weight excluding hydrogens is 374 g/mol. The largest absolute Gasteiger partial charge is 0.317 e. The first-order valence-electron chi connectivity index (χ1n) is 9.08. The molecule has 2 heterocycles. The van der Waals surface area contributed by atoms with Crippen molar-refractivity contribution in [2.24, 2.45) is 0 Å². The van der Waals surface area contributed by atoms with Gasteiger partial charge >= 0.3 is 0 Å². The Balaban J connectivity index is 0.00000243. The third-order valence-corrected chi connectivity index (χ3v) is 7.05. The highest BCUT2D eigenvalue weighted by Gasteiger charge is 2.33. The minimum Gasteiger partial charge on any atom is -0.317 e. The molecule has 0 atom stereocenters. The smallest absolute Gasteiger partial charge is 0.243 e. The van der Waals surface area contributed by atoms with Gasteiger partial charge in [0.25, 0.3) is 0 Å². The van der Waals surface area contributed by atoms with Crippen LogP contribution in [-0.2, 0) is 21.2 Å². The summed E-state index contributed by atoms with van der Waals surface area (Å²) in [6, 6.07) is 5.28. The van der Waals surface area contributed by atoms with Crippen molar-refractivity contribution in [3.8, 4) is 0 Å². The number of piperidine rings is 1. The van der Waals surface area contributed by atoms with Crippen LogP contribution in [-0.4, -0.2) is 50.9 Å². The Morgan fingerprint density at radius 2 is 2.00 bits per heavy atom. The van der Waals surface area contributed by atoms with Crippen LogP contribution in [0.2, 0.25) is 0 Å². The number of hydrogen-bond acceptors (Lipinski definition) is 4. The van der Waals surface area contributed by atoms with Crippen molar-refractivity contribution in [3.05, 3.63) is 23.8 Å². The Morgan fingerprint density at radius 3 is 2.62 bits per heavy atom. The van der Waals surface area contributed by atoms with Crippen molar-refractivity contribution in [2.45, 2.75) is 50.5 Å². The quantitative estimate of drug-likeness (QED) is 0.820. The zero-order valence-electron chi connectivity index (χ0n) is 15.4. The lowest BCUT2D eigenvalue weighted by Crippen LogP contribution is -2.46. The summed E-state index contributed by atoms with van der Waals surface area (Å²) in [6.07, 6.45) is 3.24. The van der Waals surface area contributed by atoms with E-state index in [1.165, 1.54) is 6.92 Å². The fourth-order valence-electron chi connectivity index (χ4n) is 3.80. The number of benzene rings is 1. The molecule has 1 aromatic rings. The Hall–Kier alpha value is -1.15. The third-order valence-electron chi connectivity index (χ3n) is 5.10. The van der Waals surface area contributed by atoms with E-state index in [0.29, 0.717) is 18.0 Å². The number of amides is 1. The maximum Gasteiger partial charge on any atom is 0.243 e. The van der Waals surface area contributed by atoms with E-state index >= 15 is 0 Å². The molecule has 2 aliphatic rings. The fourth-order valence-corrected chi connectivity index (χ4v) is 5.59. The molecule has 3 rings (SSSR count). The summed E-state index contributed by atoms with van der Waals surface area (Å²) < 4.78 is 28.3. The maximum atomic E-state index is 13.3. The van der Waals surface area contributed by atoms with E-state index in [1.807, 2.05) is 13.0 Å². The molecule has 0 radical (unpaired) electrons. The molecule has 1 aromatic carbocycles. The van der Waals surface area contributed by atoms with Crippen LogP contribution in [0.25, 0.3) is 0 Å². The number of hydrogen-bond donors (Lipinski definition) is 1. The van der Waals surface area contributed by atoms with Crippen LogP contribution in [0, 0.1) is 0 Å². The highest BCUT2D eigenvalue weighted by atomic mass is 35.5. The molecule has 1 fully saturated rings. The van der Waals surface area contributed by atoms with Crippen molar-refractivity contribution in [2.75, 3.05) is 31.1 Å². The minimum atomic E-state index is -3.57.